The molecular formula is C24H25NO3. The molecule has 144 valence electrons. The van der Waals surface area contributed by atoms with E-state index >= 15 is 0 Å². The first kappa shape index (κ1) is 19.8. The van der Waals surface area contributed by atoms with E-state index in [9.17, 15) is 9.90 Å². The summed E-state index contributed by atoms with van der Waals surface area (Å²) >= 11 is 0. The molecule has 0 bridgehead atoms. The van der Waals surface area contributed by atoms with Gasteiger partial charge in [-0.1, -0.05) is 84.9 Å². The van der Waals surface area contributed by atoms with Crippen LogP contribution in [0.5, 0.6) is 0 Å². The zero-order chi connectivity index (χ0) is 19.9. The van der Waals surface area contributed by atoms with Crippen LogP contribution in [0.25, 0.3) is 0 Å². The lowest BCUT2D eigenvalue weighted by molar-refractivity contribution is -0.150. The van der Waals surface area contributed by atoms with Gasteiger partial charge in [-0.25, -0.2) is 4.79 Å². The molecule has 0 aliphatic heterocycles. The third-order valence-electron chi connectivity index (χ3n) is 4.86. The van der Waals surface area contributed by atoms with E-state index in [-0.39, 0.29) is 12.1 Å². The van der Waals surface area contributed by atoms with Crippen molar-refractivity contribution in [1.82, 2.24) is 5.32 Å². The average molecular weight is 375 g/mol. The highest BCUT2D eigenvalue weighted by Gasteiger charge is 2.20. The van der Waals surface area contributed by atoms with Gasteiger partial charge < -0.3 is 9.84 Å². The molecule has 3 aromatic rings. The van der Waals surface area contributed by atoms with Crippen molar-refractivity contribution < 1.29 is 14.6 Å². The van der Waals surface area contributed by atoms with Gasteiger partial charge in [-0.15, -0.1) is 0 Å². The van der Waals surface area contributed by atoms with Crippen molar-refractivity contribution >= 4 is 5.97 Å². The average Bonchev–Trinajstić information content (AvgIpc) is 2.77. The Morgan fingerprint density at radius 2 is 1.25 bits per heavy atom. The first-order chi connectivity index (χ1) is 13.6. The SMILES string of the molecule is COC(=O)C(O)c1ccc(C(N[C@H](C)c2ccccc2)c2ccccc2)cc1. The minimum atomic E-state index is -1.27. The second-order valence-electron chi connectivity index (χ2n) is 6.74. The number of hydrogen-bond donors (Lipinski definition) is 2. The van der Waals surface area contributed by atoms with Crippen molar-refractivity contribution in [3.63, 3.8) is 0 Å². The van der Waals surface area contributed by atoms with Gasteiger partial charge in [0, 0.05) is 6.04 Å². The Bertz CT molecular complexity index is 879. The normalized spacial score (nSPS) is 14.1. The molecule has 0 heterocycles. The van der Waals surface area contributed by atoms with Gasteiger partial charge in [-0.2, -0.15) is 0 Å². The number of carbonyl (C=O) groups excluding carboxylic acids is 1. The molecule has 0 aliphatic carbocycles. The van der Waals surface area contributed by atoms with Crippen LogP contribution in [0.2, 0.25) is 0 Å². The van der Waals surface area contributed by atoms with E-state index in [0.29, 0.717) is 5.56 Å². The van der Waals surface area contributed by atoms with E-state index in [2.05, 4.69) is 41.2 Å². The molecule has 0 amide bonds. The maximum atomic E-state index is 11.6. The molecule has 3 atom stereocenters. The molecule has 0 aromatic heterocycles. The largest absolute Gasteiger partial charge is 0.467 e. The van der Waals surface area contributed by atoms with Crippen LogP contribution in [0, 0.1) is 0 Å². The maximum Gasteiger partial charge on any atom is 0.339 e. The van der Waals surface area contributed by atoms with Crippen molar-refractivity contribution in [3.05, 3.63) is 107 Å². The summed E-state index contributed by atoms with van der Waals surface area (Å²) in [6.07, 6.45) is -1.27. The second kappa shape index (κ2) is 9.31. The van der Waals surface area contributed by atoms with Crippen molar-refractivity contribution in [2.24, 2.45) is 0 Å². The van der Waals surface area contributed by atoms with E-state index in [4.69, 9.17) is 0 Å². The fourth-order valence-electron chi connectivity index (χ4n) is 3.24. The second-order valence-corrected chi connectivity index (χ2v) is 6.74. The molecule has 0 fully saturated rings. The number of esters is 1. The topological polar surface area (TPSA) is 58.6 Å². The number of benzene rings is 3. The monoisotopic (exact) mass is 375 g/mol. The molecule has 4 nitrogen and oxygen atoms in total. The van der Waals surface area contributed by atoms with Crippen molar-refractivity contribution in [3.8, 4) is 0 Å². The standard InChI is InChI=1S/C24H25NO3/c1-17(18-9-5-3-6-10-18)25-22(19-11-7-4-8-12-19)20-13-15-21(16-14-20)23(26)24(27)28-2/h3-17,22-23,25-26H,1-2H3/t17-,22?,23?/m1/s1. The Morgan fingerprint density at radius 1 is 0.786 bits per heavy atom. The molecule has 3 rings (SSSR count). The quantitative estimate of drug-likeness (QED) is 0.604. The van der Waals surface area contributed by atoms with Gasteiger partial charge in [0.05, 0.1) is 13.2 Å². The number of carbonyl (C=O) groups is 1. The molecule has 2 N–H and O–H groups in total. The lowest BCUT2D eigenvalue weighted by Gasteiger charge is -2.25. The zero-order valence-electron chi connectivity index (χ0n) is 16.1. The Labute approximate surface area is 165 Å². The van der Waals surface area contributed by atoms with Gasteiger partial charge in [-0.05, 0) is 29.2 Å². The van der Waals surface area contributed by atoms with Crippen LogP contribution in [0.4, 0.5) is 0 Å². The highest BCUT2D eigenvalue weighted by molar-refractivity contribution is 5.76. The first-order valence-electron chi connectivity index (χ1n) is 9.32. The van der Waals surface area contributed by atoms with Gasteiger partial charge in [0.1, 0.15) is 0 Å². The number of rotatable bonds is 7. The minimum Gasteiger partial charge on any atom is -0.467 e. The summed E-state index contributed by atoms with van der Waals surface area (Å²) < 4.78 is 4.61. The lowest BCUT2D eigenvalue weighted by Crippen LogP contribution is -2.25. The van der Waals surface area contributed by atoms with Crippen LogP contribution in [-0.2, 0) is 9.53 Å². The van der Waals surface area contributed by atoms with E-state index < -0.39 is 12.1 Å². The summed E-state index contributed by atoms with van der Waals surface area (Å²) in [6, 6.07) is 28.0. The number of hydrogen-bond acceptors (Lipinski definition) is 4. The van der Waals surface area contributed by atoms with Gasteiger partial charge in [0.15, 0.2) is 6.10 Å². The Balaban J connectivity index is 1.88. The fourth-order valence-corrected chi connectivity index (χ4v) is 3.24. The maximum absolute atomic E-state index is 11.6. The molecule has 0 spiro atoms. The first-order valence-corrected chi connectivity index (χ1v) is 9.32. The van der Waals surface area contributed by atoms with E-state index in [1.54, 1.807) is 12.1 Å². The van der Waals surface area contributed by atoms with E-state index in [1.165, 1.54) is 12.7 Å². The van der Waals surface area contributed by atoms with Crippen molar-refractivity contribution in [2.75, 3.05) is 7.11 Å². The highest BCUT2D eigenvalue weighted by atomic mass is 16.5. The van der Waals surface area contributed by atoms with Crippen LogP contribution < -0.4 is 5.32 Å². The molecule has 0 saturated carbocycles. The van der Waals surface area contributed by atoms with Crippen molar-refractivity contribution in [2.45, 2.75) is 25.1 Å². The van der Waals surface area contributed by atoms with Crippen LogP contribution in [0.1, 0.15) is 47.4 Å². The van der Waals surface area contributed by atoms with Gasteiger partial charge >= 0.3 is 5.97 Å². The third kappa shape index (κ3) is 4.66. The summed E-state index contributed by atoms with van der Waals surface area (Å²) in [5.41, 5.74) is 3.92. The summed E-state index contributed by atoms with van der Waals surface area (Å²) in [6.45, 7) is 2.14. The van der Waals surface area contributed by atoms with Gasteiger partial charge in [-0.3, -0.25) is 5.32 Å². The molecule has 0 radical (unpaired) electrons. The van der Waals surface area contributed by atoms with Gasteiger partial charge in [0.25, 0.3) is 0 Å². The van der Waals surface area contributed by atoms with Crippen molar-refractivity contribution in [1.29, 1.82) is 0 Å². The summed E-state index contributed by atoms with van der Waals surface area (Å²) in [5, 5.41) is 13.7. The number of aliphatic hydroxyl groups excluding tert-OH is 1. The zero-order valence-corrected chi connectivity index (χ0v) is 16.1. The van der Waals surface area contributed by atoms with E-state index in [1.807, 2.05) is 48.5 Å². The number of nitrogens with one attached hydrogen (secondary N) is 1. The van der Waals surface area contributed by atoms with Gasteiger partial charge in [0.2, 0.25) is 0 Å². The molecular weight excluding hydrogens is 350 g/mol. The number of methoxy groups -OCH3 is 1. The Hall–Kier alpha value is -2.95. The Morgan fingerprint density at radius 3 is 1.79 bits per heavy atom. The molecule has 28 heavy (non-hydrogen) atoms. The van der Waals surface area contributed by atoms with Crippen LogP contribution in [-0.4, -0.2) is 18.2 Å². The van der Waals surface area contributed by atoms with Crippen LogP contribution in [0.15, 0.2) is 84.9 Å². The predicted molar refractivity (Wildman–Crippen MR) is 110 cm³/mol. The summed E-state index contributed by atoms with van der Waals surface area (Å²) in [4.78, 5) is 11.6. The van der Waals surface area contributed by atoms with E-state index in [0.717, 1.165) is 11.1 Å². The molecule has 4 heteroatoms. The number of ether oxygens (including phenoxy) is 1. The molecule has 0 aliphatic rings. The predicted octanol–water partition coefficient (Wildman–Crippen LogP) is 4.33. The lowest BCUT2D eigenvalue weighted by atomic mass is 9.95. The summed E-state index contributed by atoms with van der Waals surface area (Å²) in [5.74, 6) is -0.664. The molecule has 3 aromatic carbocycles. The fraction of sp³-hybridized carbons (Fsp3) is 0.208. The highest BCUT2D eigenvalue weighted by Crippen LogP contribution is 2.27. The van der Waals surface area contributed by atoms with Crippen LogP contribution in [0.3, 0.4) is 0 Å². The number of aliphatic hydroxyl groups is 1. The molecule has 2 unspecified atom stereocenters. The minimum absolute atomic E-state index is 0.0271. The Kier molecular flexibility index (Phi) is 6.58. The third-order valence-corrected chi connectivity index (χ3v) is 4.86. The molecule has 0 saturated heterocycles. The summed E-state index contributed by atoms with van der Waals surface area (Å²) in [7, 11) is 1.26. The van der Waals surface area contributed by atoms with Crippen LogP contribution >= 0.6 is 0 Å². The smallest absolute Gasteiger partial charge is 0.339 e.